The third kappa shape index (κ3) is 5.85. The molecular formula is C27H27N5O6S. The zero-order valence-electron chi connectivity index (χ0n) is 21.5. The second-order valence-corrected chi connectivity index (χ2v) is 9.20. The fraction of sp³-hybridized carbons (Fsp3) is 0.185. The average molecular weight is 550 g/mol. The van der Waals surface area contributed by atoms with Crippen LogP contribution in [0.5, 0.6) is 11.5 Å². The maximum atomic E-state index is 14.0. The summed E-state index contributed by atoms with van der Waals surface area (Å²) in [5.74, 6) is -0.0368. The van der Waals surface area contributed by atoms with Crippen molar-refractivity contribution < 1.29 is 28.3 Å². The van der Waals surface area contributed by atoms with Gasteiger partial charge in [0.05, 0.1) is 19.9 Å². The quantitative estimate of drug-likeness (QED) is 0.271. The van der Waals surface area contributed by atoms with Gasteiger partial charge in [0.25, 0.3) is 17.7 Å². The summed E-state index contributed by atoms with van der Waals surface area (Å²) in [4.78, 5) is 40.8. The van der Waals surface area contributed by atoms with Crippen LogP contribution in [0.3, 0.4) is 0 Å². The lowest BCUT2D eigenvalue weighted by atomic mass is 10.1. The molecule has 0 aliphatic carbocycles. The van der Waals surface area contributed by atoms with Gasteiger partial charge < -0.3 is 30.7 Å². The van der Waals surface area contributed by atoms with Gasteiger partial charge in [-0.25, -0.2) is 0 Å². The van der Waals surface area contributed by atoms with E-state index in [-0.39, 0.29) is 28.6 Å². The predicted molar refractivity (Wildman–Crippen MR) is 146 cm³/mol. The Morgan fingerprint density at radius 3 is 2.13 bits per heavy atom. The van der Waals surface area contributed by atoms with Crippen LogP contribution in [-0.2, 0) is 11.3 Å². The zero-order valence-corrected chi connectivity index (χ0v) is 22.3. The SMILES string of the molecule is COc1ccc(CNC(=O)C(c2ccc(C)o2)N(C(=O)c2snc(C(N)=O)c2N)c2ccc(OC)cc2)cc1. The Kier molecular flexibility index (Phi) is 8.15. The van der Waals surface area contributed by atoms with Crippen molar-refractivity contribution in [1.29, 1.82) is 0 Å². The number of nitrogens with zero attached hydrogens (tertiary/aromatic N) is 2. The normalized spacial score (nSPS) is 11.5. The Balaban J connectivity index is 1.77. The van der Waals surface area contributed by atoms with Gasteiger partial charge in [0, 0.05) is 12.2 Å². The minimum atomic E-state index is -1.24. The fourth-order valence-electron chi connectivity index (χ4n) is 3.87. The van der Waals surface area contributed by atoms with Gasteiger partial charge in [0.2, 0.25) is 0 Å². The van der Waals surface area contributed by atoms with E-state index in [2.05, 4.69) is 9.69 Å². The summed E-state index contributed by atoms with van der Waals surface area (Å²) in [6, 6.07) is 15.9. The molecule has 0 radical (unpaired) electrons. The molecule has 11 nitrogen and oxygen atoms in total. The smallest absolute Gasteiger partial charge is 0.273 e. The van der Waals surface area contributed by atoms with Gasteiger partial charge in [0.15, 0.2) is 11.7 Å². The predicted octanol–water partition coefficient (Wildman–Crippen LogP) is 3.45. The molecule has 0 bridgehead atoms. The van der Waals surface area contributed by atoms with Crippen molar-refractivity contribution in [2.24, 2.45) is 5.73 Å². The van der Waals surface area contributed by atoms with Crippen molar-refractivity contribution in [2.75, 3.05) is 24.9 Å². The highest BCUT2D eigenvalue weighted by atomic mass is 32.1. The highest BCUT2D eigenvalue weighted by Gasteiger charge is 2.37. The van der Waals surface area contributed by atoms with Gasteiger partial charge in [-0.1, -0.05) is 12.1 Å². The first kappa shape index (κ1) is 27.2. The number of anilines is 2. The summed E-state index contributed by atoms with van der Waals surface area (Å²) in [7, 11) is 3.09. The maximum Gasteiger partial charge on any atom is 0.273 e. The molecule has 0 saturated carbocycles. The van der Waals surface area contributed by atoms with Crippen molar-refractivity contribution in [1.82, 2.24) is 9.69 Å². The van der Waals surface area contributed by atoms with Crippen molar-refractivity contribution in [2.45, 2.75) is 19.5 Å². The standard InChI is InChI=1S/C27H27N5O6S/c1-15-4-13-20(38-15)23(26(34)30-14-16-5-9-18(36-2)10-6-16)32(17-7-11-19(37-3)12-8-17)27(35)24-21(28)22(25(29)33)31-39-24/h4-13,23H,14,28H2,1-3H3,(H2,29,33)(H,30,34). The number of rotatable bonds is 10. The third-order valence-corrected chi connectivity index (χ3v) is 6.74. The first-order chi connectivity index (χ1) is 18.7. The molecule has 2 aromatic carbocycles. The van der Waals surface area contributed by atoms with E-state index in [0.29, 0.717) is 22.9 Å². The summed E-state index contributed by atoms with van der Waals surface area (Å²) >= 11 is 0.721. The molecule has 3 amide bonds. The summed E-state index contributed by atoms with van der Waals surface area (Å²) < 4.78 is 20.2. The van der Waals surface area contributed by atoms with Crippen LogP contribution in [0, 0.1) is 6.92 Å². The lowest BCUT2D eigenvalue weighted by Gasteiger charge is -2.30. The Bertz CT molecular complexity index is 1480. The van der Waals surface area contributed by atoms with Gasteiger partial charge in [-0.2, -0.15) is 4.37 Å². The van der Waals surface area contributed by atoms with Crippen molar-refractivity contribution >= 4 is 40.6 Å². The molecule has 1 unspecified atom stereocenters. The monoisotopic (exact) mass is 549 g/mol. The summed E-state index contributed by atoms with van der Waals surface area (Å²) in [5, 5.41) is 2.89. The Morgan fingerprint density at radius 2 is 1.62 bits per heavy atom. The van der Waals surface area contributed by atoms with Crippen LogP contribution in [0.2, 0.25) is 0 Å². The Morgan fingerprint density at radius 1 is 1.00 bits per heavy atom. The number of ether oxygens (including phenoxy) is 2. The topological polar surface area (TPSA) is 163 Å². The van der Waals surface area contributed by atoms with E-state index in [0.717, 1.165) is 17.1 Å². The number of amides is 3. The Hall–Kier alpha value is -4.84. The number of carbonyl (C=O) groups excluding carboxylic acids is 3. The molecule has 39 heavy (non-hydrogen) atoms. The number of carbonyl (C=O) groups is 3. The zero-order chi connectivity index (χ0) is 28.1. The number of nitrogen functional groups attached to an aromatic ring is 1. The van der Waals surface area contributed by atoms with Crippen LogP contribution < -0.4 is 31.2 Å². The van der Waals surface area contributed by atoms with E-state index in [1.54, 1.807) is 62.6 Å². The van der Waals surface area contributed by atoms with E-state index in [4.69, 9.17) is 25.4 Å². The first-order valence-electron chi connectivity index (χ1n) is 11.7. The van der Waals surface area contributed by atoms with E-state index in [9.17, 15) is 14.4 Å². The lowest BCUT2D eigenvalue weighted by molar-refractivity contribution is -0.123. The number of nitrogens with one attached hydrogen (secondary N) is 1. The molecule has 4 rings (SSSR count). The van der Waals surface area contributed by atoms with E-state index < -0.39 is 23.8 Å². The molecule has 5 N–H and O–H groups in total. The third-order valence-electron chi connectivity index (χ3n) is 5.89. The van der Waals surface area contributed by atoms with Crippen LogP contribution in [-0.4, -0.2) is 36.3 Å². The Labute approximate surface area is 228 Å². The van der Waals surface area contributed by atoms with Gasteiger partial charge in [-0.3, -0.25) is 19.3 Å². The molecule has 0 fully saturated rings. The number of methoxy groups -OCH3 is 2. The number of nitrogens with two attached hydrogens (primary N) is 2. The van der Waals surface area contributed by atoms with Crippen LogP contribution >= 0.6 is 11.5 Å². The van der Waals surface area contributed by atoms with E-state index >= 15 is 0 Å². The van der Waals surface area contributed by atoms with Crippen LogP contribution in [0.1, 0.15) is 43.3 Å². The summed E-state index contributed by atoms with van der Waals surface area (Å²) in [6.07, 6.45) is 0. The molecule has 2 heterocycles. The summed E-state index contributed by atoms with van der Waals surface area (Å²) in [5.41, 5.74) is 12.2. The summed E-state index contributed by atoms with van der Waals surface area (Å²) in [6.45, 7) is 1.91. The van der Waals surface area contributed by atoms with Gasteiger partial charge in [-0.05, 0) is 72.6 Å². The molecule has 0 saturated heterocycles. The fourth-order valence-corrected chi connectivity index (χ4v) is 4.61. The van der Waals surface area contributed by atoms with Crippen LogP contribution in [0.25, 0.3) is 0 Å². The molecular weight excluding hydrogens is 522 g/mol. The molecule has 1 atom stereocenters. The number of hydrogen-bond acceptors (Lipinski definition) is 9. The van der Waals surface area contributed by atoms with Crippen molar-refractivity contribution in [3.63, 3.8) is 0 Å². The molecule has 12 heteroatoms. The molecule has 0 aliphatic heterocycles. The second-order valence-electron chi connectivity index (χ2n) is 8.43. The number of primary amides is 1. The molecule has 2 aromatic heterocycles. The largest absolute Gasteiger partial charge is 0.497 e. The van der Waals surface area contributed by atoms with Gasteiger partial charge in [0.1, 0.15) is 27.9 Å². The number of aryl methyl sites for hydroxylation is 1. The minimum Gasteiger partial charge on any atom is -0.497 e. The second kappa shape index (κ2) is 11.7. The van der Waals surface area contributed by atoms with Gasteiger partial charge >= 0.3 is 0 Å². The van der Waals surface area contributed by atoms with E-state index in [1.807, 2.05) is 12.1 Å². The first-order valence-corrected chi connectivity index (χ1v) is 12.5. The molecule has 4 aromatic rings. The van der Waals surface area contributed by atoms with Crippen molar-refractivity contribution in [3.8, 4) is 11.5 Å². The highest BCUT2D eigenvalue weighted by Crippen LogP contribution is 2.34. The number of furan rings is 1. The number of aromatic nitrogens is 1. The minimum absolute atomic E-state index is 0.0455. The molecule has 0 aliphatic rings. The molecule has 0 spiro atoms. The maximum absolute atomic E-state index is 14.0. The van der Waals surface area contributed by atoms with Gasteiger partial charge in [-0.15, -0.1) is 0 Å². The lowest BCUT2D eigenvalue weighted by Crippen LogP contribution is -2.43. The van der Waals surface area contributed by atoms with Crippen LogP contribution in [0.4, 0.5) is 11.4 Å². The molecule has 202 valence electrons. The average Bonchev–Trinajstić information content (AvgIpc) is 3.55. The highest BCUT2D eigenvalue weighted by molar-refractivity contribution is 7.09. The van der Waals surface area contributed by atoms with Crippen LogP contribution in [0.15, 0.2) is 65.1 Å². The number of benzene rings is 2. The van der Waals surface area contributed by atoms with E-state index in [1.165, 1.54) is 12.0 Å². The van der Waals surface area contributed by atoms with Crippen molar-refractivity contribution in [3.05, 3.63) is 88.3 Å². The number of hydrogen-bond donors (Lipinski definition) is 3.